The molecule has 0 saturated heterocycles. The van der Waals surface area contributed by atoms with Crippen LogP contribution in [-0.2, 0) is 0 Å². The second-order valence-corrected chi connectivity index (χ2v) is 7.23. The molecule has 0 heterocycles. The molecule has 0 radical (unpaired) electrons. The van der Waals surface area contributed by atoms with E-state index in [0.29, 0.717) is 18.6 Å². The first-order valence-corrected chi connectivity index (χ1v) is 7.98. The quantitative estimate of drug-likeness (QED) is 0.797. The van der Waals surface area contributed by atoms with Crippen molar-refractivity contribution >= 4 is 11.6 Å². The Morgan fingerprint density at radius 3 is 2.75 bits per heavy atom. The maximum Gasteiger partial charge on any atom is 0.0431 e. The molecular weight excluding hydrogens is 270 g/mol. The Labute approximate surface area is 127 Å². The molecule has 0 amide bonds. The van der Waals surface area contributed by atoms with Crippen LogP contribution in [0.5, 0.6) is 0 Å². The van der Waals surface area contributed by atoms with E-state index in [1.54, 1.807) is 0 Å². The third-order valence-corrected chi connectivity index (χ3v) is 4.57. The minimum Gasteiger partial charge on any atom is -0.396 e. The summed E-state index contributed by atoms with van der Waals surface area (Å²) in [4.78, 5) is 0. The van der Waals surface area contributed by atoms with Gasteiger partial charge in [-0.15, -0.1) is 0 Å². The summed E-state index contributed by atoms with van der Waals surface area (Å²) in [7, 11) is 0. The summed E-state index contributed by atoms with van der Waals surface area (Å²) in [5.41, 5.74) is 1.64. The fraction of sp³-hybridized carbons (Fsp3) is 0.647. The second-order valence-electron chi connectivity index (χ2n) is 6.79. The van der Waals surface area contributed by atoms with Crippen molar-refractivity contribution in [1.82, 2.24) is 5.32 Å². The van der Waals surface area contributed by atoms with Crippen molar-refractivity contribution < 1.29 is 5.11 Å². The van der Waals surface area contributed by atoms with Crippen LogP contribution in [0.25, 0.3) is 0 Å². The maximum atomic E-state index is 8.92. The molecule has 2 N–H and O–H groups in total. The second kappa shape index (κ2) is 6.93. The zero-order chi connectivity index (χ0) is 14.6. The number of hydrogen-bond donors (Lipinski definition) is 2. The highest BCUT2D eigenvalue weighted by Crippen LogP contribution is 2.38. The van der Waals surface area contributed by atoms with Crippen LogP contribution < -0.4 is 5.32 Å². The molecule has 0 aromatic heterocycles. The van der Waals surface area contributed by atoms with Crippen LogP contribution in [0, 0.1) is 5.41 Å². The van der Waals surface area contributed by atoms with Gasteiger partial charge in [0.15, 0.2) is 0 Å². The number of aliphatic hydroxyl groups is 1. The Balaban J connectivity index is 1.72. The Bertz CT molecular complexity index is 427. The lowest BCUT2D eigenvalue weighted by molar-refractivity contribution is 0.210. The van der Waals surface area contributed by atoms with Crippen molar-refractivity contribution in [3.63, 3.8) is 0 Å². The van der Waals surface area contributed by atoms with Gasteiger partial charge in [-0.05, 0) is 54.7 Å². The van der Waals surface area contributed by atoms with Crippen LogP contribution >= 0.6 is 11.6 Å². The standard InChI is InChI=1S/C17H26ClNO/c1-17(2,7-4-8-20)12-19-16-10-14(11-16)13-5-3-6-15(18)9-13/h3,5-6,9,14,16,19-20H,4,7-8,10-12H2,1-2H3. The molecule has 1 aromatic carbocycles. The third kappa shape index (κ3) is 4.47. The van der Waals surface area contributed by atoms with Gasteiger partial charge >= 0.3 is 0 Å². The largest absolute Gasteiger partial charge is 0.396 e. The van der Waals surface area contributed by atoms with E-state index in [2.05, 4.69) is 31.3 Å². The first-order chi connectivity index (χ1) is 9.50. The molecule has 1 aliphatic carbocycles. The summed E-state index contributed by atoms with van der Waals surface area (Å²) >= 11 is 6.04. The van der Waals surface area contributed by atoms with E-state index in [4.69, 9.17) is 16.7 Å². The predicted molar refractivity (Wildman–Crippen MR) is 85.3 cm³/mol. The lowest BCUT2D eigenvalue weighted by Crippen LogP contribution is -2.44. The number of aliphatic hydroxyl groups excluding tert-OH is 1. The molecular formula is C17H26ClNO. The molecule has 1 aromatic rings. The van der Waals surface area contributed by atoms with Crippen molar-refractivity contribution in [2.45, 2.75) is 51.5 Å². The highest BCUT2D eigenvalue weighted by Gasteiger charge is 2.31. The van der Waals surface area contributed by atoms with Gasteiger partial charge in [-0.25, -0.2) is 0 Å². The highest BCUT2D eigenvalue weighted by molar-refractivity contribution is 6.30. The molecule has 0 unspecified atom stereocenters. The summed E-state index contributed by atoms with van der Waals surface area (Å²) in [6.45, 7) is 5.86. The molecule has 0 bridgehead atoms. The molecule has 3 heteroatoms. The number of hydrogen-bond acceptors (Lipinski definition) is 2. The van der Waals surface area contributed by atoms with Gasteiger partial charge in [-0.1, -0.05) is 37.6 Å². The SMILES string of the molecule is CC(C)(CCCO)CNC1CC(c2cccc(Cl)c2)C1. The van der Waals surface area contributed by atoms with E-state index in [1.807, 2.05) is 12.1 Å². The van der Waals surface area contributed by atoms with Crippen LogP contribution in [0.15, 0.2) is 24.3 Å². The Kier molecular flexibility index (Phi) is 5.48. The predicted octanol–water partition coefficient (Wildman–Crippen LogP) is 3.97. The monoisotopic (exact) mass is 295 g/mol. The zero-order valence-electron chi connectivity index (χ0n) is 12.5. The van der Waals surface area contributed by atoms with Crippen LogP contribution in [0.1, 0.15) is 51.0 Å². The summed E-state index contributed by atoms with van der Waals surface area (Å²) in [6, 6.07) is 8.87. The van der Waals surface area contributed by atoms with Gasteiger partial charge in [0.25, 0.3) is 0 Å². The minimum atomic E-state index is 0.268. The summed E-state index contributed by atoms with van der Waals surface area (Å²) in [5.74, 6) is 0.659. The van der Waals surface area contributed by atoms with E-state index in [0.717, 1.165) is 24.4 Å². The van der Waals surface area contributed by atoms with Gasteiger partial charge in [-0.3, -0.25) is 0 Å². The fourth-order valence-corrected chi connectivity index (χ4v) is 3.08. The molecule has 112 valence electrons. The van der Waals surface area contributed by atoms with Crippen molar-refractivity contribution in [1.29, 1.82) is 0 Å². The third-order valence-electron chi connectivity index (χ3n) is 4.34. The van der Waals surface area contributed by atoms with Crippen LogP contribution in [0.4, 0.5) is 0 Å². The molecule has 2 rings (SSSR count). The summed E-state index contributed by atoms with van der Waals surface area (Å²) in [5, 5.41) is 13.4. The molecule has 20 heavy (non-hydrogen) atoms. The van der Waals surface area contributed by atoms with E-state index in [-0.39, 0.29) is 5.41 Å². The summed E-state index contributed by atoms with van der Waals surface area (Å²) in [6.07, 6.45) is 4.37. The van der Waals surface area contributed by atoms with Gasteiger partial charge < -0.3 is 10.4 Å². The smallest absolute Gasteiger partial charge is 0.0431 e. The zero-order valence-corrected chi connectivity index (χ0v) is 13.3. The molecule has 0 spiro atoms. The van der Waals surface area contributed by atoms with Gasteiger partial charge in [0, 0.05) is 24.2 Å². The van der Waals surface area contributed by atoms with E-state index < -0.39 is 0 Å². The number of rotatable bonds is 7. The minimum absolute atomic E-state index is 0.268. The normalized spacial score (nSPS) is 22.6. The van der Waals surface area contributed by atoms with Crippen molar-refractivity contribution in [2.24, 2.45) is 5.41 Å². The first-order valence-electron chi connectivity index (χ1n) is 7.60. The molecule has 0 atom stereocenters. The van der Waals surface area contributed by atoms with E-state index in [1.165, 1.54) is 18.4 Å². The highest BCUT2D eigenvalue weighted by atomic mass is 35.5. The van der Waals surface area contributed by atoms with Crippen LogP contribution in [0.2, 0.25) is 5.02 Å². The molecule has 2 nitrogen and oxygen atoms in total. The van der Waals surface area contributed by atoms with Gasteiger partial charge in [-0.2, -0.15) is 0 Å². The average molecular weight is 296 g/mol. The molecule has 1 saturated carbocycles. The first kappa shape index (κ1) is 15.8. The van der Waals surface area contributed by atoms with Gasteiger partial charge in [0.1, 0.15) is 0 Å². The Morgan fingerprint density at radius 1 is 1.35 bits per heavy atom. The molecule has 0 aliphatic heterocycles. The fourth-order valence-electron chi connectivity index (χ4n) is 2.88. The topological polar surface area (TPSA) is 32.3 Å². The molecule has 1 aliphatic rings. The molecule has 1 fully saturated rings. The maximum absolute atomic E-state index is 8.92. The number of nitrogens with one attached hydrogen (secondary N) is 1. The van der Waals surface area contributed by atoms with Crippen molar-refractivity contribution in [3.05, 3.63) is 34.9 Å². The lowest BCUT2D eigenvalue weighted by atomic mass is 9.75. The van der Waals surface area contributed by atoms with Crippen molar-refractivity contribution in [3.8, 4) is 0 Å². The van der Waals surface area contributed by atoms with Gasteiger partial charge in [0.2, 0.25) is 0 Å². The number of benzene rings is 1. The van der Waals surface area contributed by atoms with E-state index in [9.17, 15) is 0 Å². The lowest BCUT2D eigenvalue weighted by Gasteiger charge is -2.38. The number of halogens is 1. The van der Waals surface area contributed by atoms with Crippen molar-refractivity contribution in [2.75, 3.05) is 13.2 Å². The Hall–Kier alpha value is -0.570. The van der Waals surface area contributed by atoms with Crippen LogP contribution in [-0.4, -0.2) is 24.3 Å². The van der Waals surface area contributed by atoms with Crippen LogP contribution in [0.3, 0.4) is 0 Å². The average Bonchev–Trinajstić information content (AvgIpc) is 2.34. The Morgan fingerprint density at radius 2 is 2.10 bits per heavy atom. The van der Waals surface area contributed by atoms with Gasteiger partial charge in [0.05, 0.1) is 0 Å². The van der Waals surface area contributed by atoms with E-state index >= 15 is 0 Å². The summed E-state index contributed by atoms with van der Waals surface area (Å²) < 4.78 is 0.